The maximum Gasteiger partial charge on any atom is 0.296 e. The number of anilines is 3. The number of nitrogens with one attached hydrogen (secondary N) is 1. The molecule has 252 valence electrons. The van der Waals surface area contributed by atoms with Crippen molar-refractivity contribution < 1.29 is 35.8 Å². The Morgan fingerprint density at radius 2 is 1.51 bits per heavy atom. The van der Waals surface area contributed by atoms with Gasteiger partial charge in [-0.05, 0) is 59.5 Å². The SMILES string of the molecule is CC(=O)Nc1cc(N(C)Cc2ccccc2)ccc1N=Nc1ccc(N=Nc2c(N)ccc3cc(S(=O)(=O)O)cc(O)c23)c(S(=O)(=O)O)c1. The zero-order valence-corrected chi connectivity index (χ0v) is 27.5. The molecule has 6 N–H and O–H groups in total. The molecule has 49 heavy (non-hydrogen) atoms. The number of carbonyl (C=O) groups excluding carboxylic acids is 1. The minimum atomic E-state index is -4.88. The van der Waals surface area contributed by atoms with Crippen LogP contribution in [0.4, 0.5) is 39.8 Å². The number of nitrogen functional groups attached to an aromatic ring is 1. The van der Waals surface area contributed by atoms with Gasteiger partial charge in [-0.3, -0.25) is 13.9 Å². The number of azo groups is 2. The van der Waals surface area contributed by atoms with E-state index in [0.717, 1.165) is 29.4 Å². The average molecular weight is 704 g/mol. The van der Waals surface area contributed by atoms with Gasteiger partial charge in [0.25, 0.3) is 20.2 Å². The van der Waals surface area contributed by atoms with E-state index in [9.17, 15) is 35.8 Å². The van der Waals surface area contributed by atoms with Crippen LogP contribution in [0.5, 0.6) is 5.75 Å². The summed E-state index contributed by atoms with van der Waals surface area (Å²) in [6, 6.07) is 23.1. The molecule has 17 heteroatoms. The molecule has 0 saturated carbocycles. The Kier molecular flexibility index (Phi) is 9.72. The van der Waals surface area contributed by atoms with Gasteiger partial charge in [-0.25, -0.2) is 0 Å². The molecule has 0 unspecified atom stereocenters. The van der Waals surface area contributed by atoms with E-state index in [1.54, 1.807) is 18.2 Å². The third-order valence-electron chi connectivity index (χ3n) is 7.12. The van der Waals surface area contributed by atoms with E-state index in [0.29, 0.717) is 12.2 Å². The van der Waals surface area contributed by atoms with Crippen LogP contribution in [-0.4, -0.2) is 44.0 Å². The highest BCUT2D eigenvalue weighted by Gasteiger charge is 2.19. The number of phenols is 1. The van der Waals surface area contributed by atoms with Crippen LogP contribution < -0.4 is 16.0 Å². The summed E-state index contributed by atoms with van der Waals surface area (Å²) in [7, 11) is -7.63. The number of phenolic OH excluding ortho intramolecular Hbond substituents is 1. The lowest BCUT2D eigenvalue weighted by Gasteiger charge is -2.21. The Morgan fingerprint density at radius 1 is 0.816 bits per heavy atom. The predicted octanol–water partition coefficient (Wildman–Crippen LogP) is 7.05. The lowest BCUT2D eigenvalue weighted by molar-refractivity contribution is -0.114. The van der Waals surface area contributed by atoms with Gasteiger partial charge < -0.3 is 21.1 Å². The van der Waals surface area contributed by atoms with Gasteiger partial charge in [0.1, 0.15) is 27.7 Å². The summed E-state index contributed by atoms with van der Waals surface area (Å²) in [5.74, 6) is -0.937. The van der Waals surface area contributed by atoms with E-state index in [2.05, 4.69) is 25.8 Å². The number of aromatic hydroxyl groups is 1. The van der Waals surface area contributed by atoms with Crippen LogP contribution in [0.15, 0.2) is 121 Å². The Morgan fingerprint density at radius 3 is 2.18 bits per heavy atom. The van der Waals surface area contributed by atoms with Gasteiger partial charge in [-0.1, -0.05) is 36.4 Å². The van der Waals surface area contributed by atoms with Gasteiger partial charge in [0, 0.05) is 32.3 Å². The number of nitrogens with two attached hydrogens (primary N) is 1. The quantitative estimate of drug-likeness (QED) is 0.0564. The van der Waals surface area contributed by atoms with Crippen molar-refractivity contribution in [1.82, 2.24) is 0 Å². The van der Waals surface area contributed by atoms with Gasteiger partial charge in [0.2, 0.25) is 5.91 Å². The van der Waals surface area contributed by atoms with Crippen LogP contribution in [0.25, 0.3) is 10.8 Å². The monoisotopic (exact) mass is 703 g/mol. The molecule has 0 bridgehead atoms. The molecule has 0 saturated heterocycles. The normalized spacial score (nSPS) is 12.2. The number of fused-ring (bicyclic) bond motifs is 1. The van der Waals surface area contributed by atoms with Gasteiger partial charge in [0.15, 0.2) is 0 Å². The molecule has 5 rings (SSSR count). The third-order valence-corrected chi connectivity index (χ3v) is 8.83. The minimum Gasteiger partial charge on any atom is -0.507 e. The van der Waals surface area contributed by atoms with Crippen LogP contribution in [0.3, 0.4) is 0 Å². The molecule has 0 aliphatic carbocycles. The molecule has 0 fully saturated rings. The van der Waals surface area contributed by atoms with E-state index in [-0.39, 0.29) is 45.1 Å². The second-order valence-corrected chi connectivity index (χ2v) is 13.6. The summed E-state index contributed by atoms with van der Waals surface area (Å²) in [5, 5.41) is 29.6. The zero-order chi connectivity index (χ0) is 35.5. The molecular formula is C32H29N7O8S2. The average Bonchev–Trinajstić information content (AvgIpc) is 3.03. The highest BCUT2D eigenvalue weighted by Crippen LogP contribution is 2.41. The van der Waals surface area contributed by atoms with Gasteiger partial charge in [-0.15, -0.1) is 15.3 Å². The standard InChI is InChI=1S/C32H29N7O8S2/c1-19(40)34-28-16-23(39(2)18-20-6-4-3-5-7-20)10-13-26(28)36-35-22-9-12-27(30(15-22)49(45,46)47)37-38-32-25(33)11-8-21-14-24(48(42,43)44)17-29(41)31(21)32/h3-17,41H,18,33H2,1-2H3,(H,34,40)(H,42,43,44)(H,45,46,47). The van der Waals surface area contributed by atoms with E-state index in [4.69, 9.17) is 5.73 Å². The number of amides is 1. The molecule has 15 nitrogen and oxygen atoms in total. The molecule has 1 amide bonds. The molecule has 0 atom stereocenters. The second-order valence-electron chi connectivity index (χ2n) is 10.8. The highest BCUT2D eigenvalue weighted by atomic mass is 32.2. The number of rotatable bonds is 10. The van der Waals surface area contributed by atoms with Crippen molar-refractivity contribution in [2.75, 3.05) is 23.0 Å². The number of hydrogen-bond acceptors (Lipinski definition) is 12. The summed E-state index contributed by atoms with van der Waals surface area (Å²) in [4.78, 5) is 12.7. The zero-order valence-electron chi connectivity index (χ0n) is 25.9. The van der Waals surface area contributed by atoms with Crippen molar-refractivity contribution in [2.24, 2.45) is 20.5 Å². The molecule has 0 aliphatic heterocycles. The van der Waals surface area contributed by atoms with Crippen LogP contribution in [0.2, 0.25) is 0 Å². The van der Waals surface area contributed by atoms with Gasteiger partial charge in [0.05, 0.1) is 27.3 Å². The summed E-state index contributed by atoms with van der Waals surface area (Å²) in [5.41, 5.74) is 8.07. The predicted molar refractivity (Wildman–Crippen MR) is 184 cm³/mol. The van der Waals surface area contributed by atoms with Crippen molar-refractivity contribution in [1.29, 1.82) is 0 Å². The molecule has 0 aromatic heterocycles. The number of nitrogens with zero attached hydrogens (tertiary/aromatic N) is 5. The van der Waals surface area contributed by atoms with Gasteiger partial charge >= 0.3 is 0 Å². The molecule has 0 aliphatic rings. The fraction of sp³-hybridized carbons (Fsp3) is 0.0938. The van der Waals surface area contributed by atoms with Crippen LogP contribution >= 0.6 is 0 Å². The fourth-order valence-corrected chi connectivity index (χ4v) is 6.01. The summed E-state index contributed by atoms with van der Waals surface area (Å²) >= 11 is 0. The smallest absolute Gasteiger partial charge is 0.296 e. The molecule has 5 aromatic rings. The summed E-state index contributed by atoms with van der Waals surface area (Å²) in [6.07, 6.45) is 0. The van der Waals surface area contributed by atoms with E-state index in [1.807, 2.05) is 42.3 Å². The van der Waals surface area contributed by atoms with E-state index in [1.165, 1.54) is 31.2 Å². The van der Waals surface area contributed by atoms with Crippen molar-refractivity contribution in [3.8, 4) is 5.75 Å². The largest absolute Gasteiger partial charge is 0.507 e. The first kappa shape index (κ1) is 34.6. The maximum absolute atomic E-state index is 12.3. The highest BCUT2D eigenvalue weighted by molar-refractivity contribution is 7.86. The second kappa shape index (κ2) is 13.8. The lowest BCUT2D eigenvalue weighted by atomic mass is 10.1. The summed E-state index contributed by atoms with van der Waals surface area (Å²) < 4.78 is 67.3. The molecule has 0 spiro atoms. The summed E-state index contributed by atoms with van der Waals surface area (Å²) in [6.45, 7) is 1.95. The molecule has 0 radical (unpaired) electrons. The van der Waals surface area contributed by atoms with E-state index < -0.39 is 35.8 Å². The first-order valence-corrected chi connectivity index (χ1v) is 17.1. The Hall–Kier alpha value is -5.75. The fourth-order valence-electron chi connectivity index (χ4n) is 4.83. The third kappa shape index (κ3) is 8.22. The van der Waals surface area contributed by atoms with Crippen LogP contribution in [-0.2, 0) is 31.6 Å². The molecule has 5 aromatic carbocycles. The van der Waals surface area contributed by atoms with Crippen molar-refractivity contribution >= 4 is 76.7 Å². The minimum absolute atomic E-state index is 0.00256. The Balaban J connectivity index is 1.48. The van der Waals surface area contributed by atoms with Crippen molar-refractivity contribution in [2.45, 2.75) is 23.3 Å². The van der Waals surface area contributed by atoms with Crippen molar-refractivity contribution in [3.05, 3.63) is 96.6 Å². The Bertz CT molecular complexity index is 2370. The maximum atomic E-state index is 12.3. The topological polar surface area (TPSA) is 237 Å². The van der Waals surface area contributed by atoms with Crippen molar-refractivity contribution in [3.63, 3.8) is 0 Å². The number of hydrogen-bond donors (Lipinski definition) is 5. The number of carbonyl (C=O) groups is 1. The molecule has 0 heterocycles. The number of benzene rings is 5. The van der Waals surface area contributed by atoms with Crippen LogP contribution in [0, 0.1) is 0 Å². The van der Waals surface area contributed by atoms with E-state index >= 15 is 0 Å². The molecular weight excluding hydrogens is 675 g/mol. The lowest BCUT2D eigenvalue weighted by Crippen LogP contribution is -2.16. The first-order valence-electron chi connectivity index (χ1n) is 14.2. The van der Waals surface area contributed by atoms with Crippen LogP contribution in [0.1, 0.15) is 12.5 Å². The Labute approximate surface area is 281 Å². The first-order chi connectivity index (χ1) is 23.1. The van der Waals surface area contributed by atoms with Gasteiger partial charge in [-0.2, -0.15) is 21.9 Å².